The quantitative estimate of drug-likeness (QED) is 0.581. The van der Waals surface area contributed by atoms with Crippen molar-refractivity contribution in [2.24, 2.45) is 0 Å². The molecule has 2 aliphatic heterocycles. The molecule has 3 aromatic carbocycles. The lowest BCUT2D eigenvalue weighted by atomic mass is 10.0. The Kier molecular flexibility index (Phi) is 5.59. The number of carbonyl (C=O) groups is 3. The molecule has 1 unspecified atom stereocenters. The van der Waals surface area contributed by atoms with Crippen molar-refractivity contribution in [3.8, 4) is 0 Å². The van der Waals surface area contributed by atoms with Gasteiger partial charge in [0.1, 0.15) is 6.54 Å². The van der Waals surface area contributed by atoms with Gasteiger partial charge in [0.15, 0.2) is 11.6 Å². The first-order valence-corrected chi connectivity index (χ1v) is 11.9. The molecule has 6 nitrogen and oxygen atoms in total. The van der Waals surface area contributed by atoms with Gasteiger partial charge in [-0.05, 0) is 55.3 Å². The van der Waals surface area contributed by atoms with Gasteiger partial charge in [-0.3, -0.25) is 24.2 Å². The molecule has 0 saturated carbocycles. The Hall–Kier alpha value is -3.72. The lowest BCUT2D eigenvalue weighted by molar-refractivity contribution is -0.124. The molecule has 1 fully saturated rings. The van der Waals surface area contributed by atoms with Crippen LogP contribution >= 0.6 is 11.8 Å². The normalized spacial score (nSPS) is 19.0. The maximum Gasteiger partial charge on any atom is 0.269 e. The van der Waals surface area contributed by atoms with Crippen molar-refractivity contribution in [3.63, 3.8) is 0 Å². The molecule has 0 aliphatic carbocycles. The second kappa shape index (κ2) is 8.49. The molecule has 178 valence electrons. The van der Waals surface area contributed by atoms with E-state index in [0.29, 0.717) is 16.9 Å². The van der Waals surface area contributed by atoms with Crippen LogP contribution in [0.1, 0.15) is 16.7 Å². The predicted molar refractivity (Wildman–Crippen MR) is 131 cm³/mol. The number of amides is 3. The van der Waals surface area contributed by atoms with Crippen molar-refractivity contribution in [2.75, 3.05) is 27.4 Å². The molecule has 0 bridgehead atoms. The molecular weight excluding hydrogens is 472 g/mol. The fraction of sp³-hybridized carbons (Fsp3) is 0.192. The first-order chi connectivity index (χ1) is 16.7. The number of carbonyl (C=O) groups excluding carboxylic acids is 3. The van der Waals surface area contributed by atoms with Crippen LogP contribution in [-0.2, 0) is 19.3 Å². The summed E-state index contributed by atoms with van der Waals surface area (Å²) in [5.41, 5.74) is 3.80. The lowest BCUT2D eigenvalue weighted by Crippen LogP contribution is -2.51. The Bertz CT molecular complexity index is 1400. The van der Waals surface area contributed by atoms with Crippen LogP contribution in [-0.4, -0.2) is 30.0 Å². The molecule has 2 heterocycles. The molecule has 3 amide bonds. The second-order valence-corrected chi connectivity index (χ2v) is 9.68. The Morgan fingerprint density at radius 1 is 1.00 bits per heavy atom. The predicted octanol–water partition coefficient (Wildman–Crippen LogP) is 4.50. The maximum atomic E-state index is 14.1. The number of para-hydroxylation sites is 1. The smallest absolute Gasteiger partial charge is 0.269 e. The highest BCUT2D eigenvalue weighted by Crippen LogP contribution is 2.55. The van der Waals surface area contributed by atoms with Gasteiger partial charge in [-0.25, -0.2) is 8.78 Å². The molecule has 0 radical (unpaired) electrons. The number of aryl methyl sites for hydroxylation is 2. The minimum atomic E-state index is -1.52. The van der Waals surface area contributed by atoms with Crippen LogP contribution < -0.4 is 15.1 Å². The van der Waals surface area contributed by atoms with Gasteiger partial charge in [-0.15, -0.1) is 11.8 Å². The molecule has 5 rings (SSSR count). The van der Waals surface area contributed by atoms with Gasteiger partial charge in [0.2, 0.25) is 16.7 Å². The van der Waals surface area contributed by atoms with E-state index in [9.17, 15) is 23.2 Å². The van der Waals surface area contributed by atoms with E-state index in [2.05, 4.69) is 5.32 Å². The lowest BCUT2D eigenvalue weighted by Gasteiger charge is -2.33. The van der Waals surface area contributed by atoms with Crippen LogP contribution in [0.3, 0.4) is 0 Å². The van der Waals surface area contributed by atoms with Crippen molar-refractivity contribution in [2.45, 2.75) is 18.7 Å². The zero-order valence-corrected chi connectivity index (χ0v) is 19.8. The monoisotopic (exact) mass is 493 g/mol. The zero-order chi connectivity index (χ0) is 24.9. The van der Waals surface area contributed by atoms with Crippen LogP contribution in [0.2, 0.25) is 0 Å². The minimum Gasteiger partial charge on any atom is -0.325 e. The van der Waals surface area contributed by atoms with Crippen molar-refractivity contribution in [1.82, 2.24) is 0 Å². The standard InChI is InChI=1S/C26H21F2N3O3S/c1-15-7-8-17(11-16(15)2)29-23(32)13-30-22-6-4-3-5-19(22)26(25(30)34)31(24(33)14-35-26)18-9-10-20(27)21(28)12-18/h3-12H,13-14H2,1-2H3,(H,29,32). The largest absolute Gasteiger partial charge is 0.325 e. The fourth-order valence-electron chi connectivity index (χ4n) is 4.50. The van der Waals surface area contributed by atoms with Gasteiger partial charge in [0.05, 0.1) is 11.4 Å². The van der Waals surface area contributed by atoms with E-state index in [4.69, 9.17) is 0 Å². The van der Waals surface area contributed by atoms with E-state index in [1.807, 2.05) is 26.0 Å². The van der Waals surface area contributed by atoms with Crippen LogP contribution in [0.25, 0.3) is 0 Å². The summed E-state index contributed by atoms with van der Waals surface area (Å²) in [7, 11) is 0. The fourth-order valence-corrected chi connectivity index (χ4v) is 5.86. The number of fused-ring (bicyclic) bond motifs is 2. The van der Waals surface area contributed by atoms with Crippen LogP contribution in [0.15, 0.2) is 60.7 Å². The molecule has 1 saturated heterocycles. The third kappa shape index (κ3) is 3.67. The van der Waals surface area contributed by atoms with Gasteiger partial charge >= 0.3 is 0 Å². The maximum absolute atomic E-state index is 14.1. The summed E-state index contributed by atoms with van der Waals surface area (Å²) in [6, 6.07) is 15.5. The Balaban J connectivity index is 1.51. The summed E-state index contributed by atoms with van der Waals surface area (Å²) >= 11 is 1.10. The molecule has 1 N–H and O–H groups in total. The molecule has 2 aliphatic rings. The third-order valence-corrected chi connectivity index (χ3v) is 7.70. The minimum absolute atomic E-state index is 0.0260. The summed E-state index contributed by atoms with van der Waals surface area (Å²) in [4.78, 5) is 40.8. The molecule has 3 aromatic rings. The SMILES string of the molecule is Cc1ccc(NC(=O)CN2C(=O)C3(SCC(=O)N3c3ccc(F)c(F)c3)c3ccccc32)cc1C. The number of thioether (sulfide) groups is 1. The van der Waals surface area contributed by atoms with E-state index in [1.165, 1.54) is 15.9 Å². The number of benzene rings is 3. The number of halogens is 2. The highest BCUT2D eigenvalue weighted by Gasteiger charge is 2.61. The molecule has 1 spiro atoms. The number of anilines is 3. The first-order valence-electron chi connectivity index (χ1n) is 10.9. The second-order valence-electron chi connectivity index (χ2n) is 8.52. The number of nitrogens with one attached hydrogen (secondary N) is 1. The van der Waals surface area contributed by atoms with E-state index in [0.717, 1.165) is 35.0 Å². The average Bonchev–Trinajstić information content (AvgIpc) is 3.29. The average molecular weight is 494 g/mol. The van der Waals surface area contributed by atoms with Crippen LogP contribution in [0.4, 0.5) is 25.8 Å². The summed E-state index contributed by atoms with van der Waals surface area (Å²) in [6.45, 7) is 3.64. The van der Waals surface area contributed by atoms with E-state index in [-0.39, 0.29) is 18.0 Å². The van der Waals surface area contributed by atoms with Gasteiger partial charge in [-0.2, -0.15) is 0 Å². The van der Waals surface area contributed by atoms with Crippen molar-refractivity contribution in [1.29, 1.82) is 0 Å². The van der Waals surface area contributed by atoms with Crippen molar-refractivity contribution >= 4 is 46.5 Å². The third-order valence-electron chi connectivity index (χ3n) is 6.32. The van der Waals surface area contributed by atoms with E-state index in [1.54, 1.807) is 30.3 Å². The summed E-state index contributed by atoms with van der Waals surface area (Å²) < 4.78 is 27.7. The molecular formula is C26H21F2N3O3S. The summed E-state index contributed by atoms with van der Waals surface area (Å²) in [5, 5.41) is 2.82. The van der Waals surface area contributed by atoms with E-state index < -0.39 is 34.2 Å². The molecule has 9 heteroatoms. The zero-order valence-electron chi connectivity index (χ0n) is 19.0. The molecule has 1 atom stereocenters. The van der Waals surface area contributed by atoms with Gasteiger partial charge in [0.25, 0.3) is 5.91 Å². The highest BCUT2D eigenvalue weighted by atomic mass is 32.2. The summed E-state index contributed by atoms with van der Waals surface area (Å²) in [6.07, 6.45) is 0. The van der Waals surface area contributed by atoms with Crippen molar-refractivity contribution < 1.29 is 23.2 Å². The van der Waals surface area contributed by atoms with Gasteiger partial charge < -0.3 is 5.32 Å². The topological polar surface area (TPSA) is 69.7 Å². The number of hydrogen-bond acceptors (Lipinski definition) is 4. The highest BCUT2D eigenvalue weighted by molar-refractivity contribution is 8.02. The Morgan fingerprint density at radius 3 is 2.51 bits per heavy atom. The summed E-state index contributed by atoms with van der Waals surface area (Å²) in [5.74, 6) is -3.50. The number of nitrogens with zero attached hydrogens (tertiary/aromatic N) is 2. The Labute approximate surface area is 204 Å². The van der Waals surface area contributed by atoms with Crippen LogP contribution in [0.5, 0.6) is 0 Å². The van der Waals surface area contributed by atoms with Gasteiger partial charge in [-0.1, -0.05) is 24.3 Å². The number of rotatable bonds is 4. The molecule has 35 heavy (non-hydrogen) atoms. The Morgan fingerprint density at radius 2 is 1.77 bits per heavy atom. The van der Waals surface area contributed by atoms with E-state index >= 15 is 0 Å². The van der Waals surface area contributed by atoms with Crippen LogP contribution in [0, 0.1) is 25.5 Å². The number of hydrogen-bond donors (Lipinski definition) is 1. The van der Waals surface area contributed by atoms with Crippen molar-refractivity contribution in [3.05, 3.63) is 89.0 Å². The van der Waals surface area contributed by atoms with Gasteiger partial charge in [0, 0.05) is 23.0 Å². The first kappa shape index (κ1) is 23.0. The molecule has 0 aromatic heterocycles.